The van der Waals surface area contributed by atoms with Gasteiger partial charge in [0, 0.05) is 23.5 Å². The molecule has 0 aliphatic heterocycles. The number of anilines is 2. The van der Waals surface area contributed by atoms with Crippen LogP contribution in [0.5, 0.6) is 11.5 Å². The van der Waals surface area contributed by atoms with E-state index >= 15 is 0 Å². The standard InChI is InChI=1S/C19H24N2O3/c1-4-14(2)24-18-10-5-7-15(11-18)20-13-19(22)21-16-8-6-9-17(12-16)23-3/h5-12,14,20H,4,13H2,1-3H3,(H,21,22). The molecule has 2 N–H and O–H groups in total. The topological polar surface area (TPSA) is 59.6 Å². The molecule has 2 rings (SSSR count). The number of hydrogen-bond acceptors (Lipinski definition) is 4. The number of nitrogens with one attached hydrogen (secondary N) is 2. The number of carbonyl (C=O) groups is 1. The second-order valence-corrected chi connectivity index (χ2v) is 5.50. The molecule has 0 saturated carbocycles. The van der Waals surface area contributed by atoms with E-state index < -0.39 is 0 Å². The van der Waals surface area contributed by atoms with Gasteiger partial charge in [-0.1, -0.05) is 19.1 Å². The lowest BCUT2D eigenvalue weighted by molar-refractivity contribution is -0.114. The Hall–Kier alpha value is -2.69. The molecule has 1 amide bonds. The van der Waals surface area contributed by atoms with E-state index in [0.29, 0.717) is 11.4 Å². The first kappa shape index (κ1) is 17.7. The summed E-state index contributed by atoms with van der Waals surface area (Å²) in [6.45, 7) is 4.28. The van der Waals surface area contributed by atoms with Gasteiger partial charge in [-0.2, -0.15) is 0 Å². The Morgan fingerprint density at radius 1 is 1.08 bits per heavy atom. The summed E-state index contributed by atoms with van der Waals surface area (Å²) < 4.78 is 10.9. The Kier molecular flexibility index (Phi) is 6.49. The van der Waals surface area contributed by atoms with Crippen molar-refractivity contribution in [3.05, 3.63) is 48.5 Å². The minimum absolute atomic E-state index is 0.128. The predicted octanol–water partition coefficient (Wildman–Crippen LogP) is 3.92. The number of hydrogen-bond donors (Lipinski definition) is 2. The number of amides is 1. The van der Waals surface area contributed by atoms with Crippen molar-refractivity contribution in [1.29, 1.82) is 0 Å². The van der Waals surface area contributed by atoms with Gasteiger partial charge in [0.2, 0.25) is 5.91 Å². The summed E-state index contributed by atoms with van der Waals surface area (Å²) in [6.07, 6.45) is 1.11. The molecule has 0 aliphatic rings. The third kappa shape index (κ3) is 5.50. The molecule has 0 aromatic heterocycles. The molecule has 0 aliphatic carbocycles. The summed E-state index contributed by atoms with van der Waals surface area (Å²) in [5.74, 6) is 1.37. The molecular formula is C19H24N2O3. The van der Waals surface area contributed by atoms with Crippen LogP contribution in [0.1, 0.15) is 20.3 Å². The predicted molar refractivity (Wildman–Crippen MR) is 96.9 cm³/mol. The molecule has 2 aromatic rings. The van der Waals surface area contributed by atoms with E-state index in [0.717, 1.165) is 17.9 Å². The van der Waals surface area contributed by atoms with Crippen molar-refractivity contribution in [1.82, 2.24) is 0 Å². The Bertz CT molecular complexity index is 673. The molecule has 0 bridgehead atoms. The van der Waals surface area contributed by atoms with Gasteiger partial charge in [0.15, 0.2) is 0 Å². The lowest BCUT2D eigenvalue weighted by atomic mass is 10.2. The lowest BCUT2D eigenvalue weighted by Crippen LogP contribution is -2.21. The largest absolute Gasteiger partial charge is 0.497 e. The first-order chi connectivity index (χ1) is 11.6. The van der Waals surface area contributed by atoms with Gasteiger partial charge >= 0.3 is 0 Å². The van der Waals surface area contributed by atoms with Crippen molar-refractivity contribution in [2.24, 2.45) is 0 Å². The highest BCUT2D eigenvalue weighted by molar-refractivity contribution is 5.93. The quantitative estimate of drug-likeness (QED) is 0.771. The highest BCUT2D eigenvalue weighted by Crippen LogP contribution is 2.19. The fourth-order valence-electron chi connectivity index (χ4n) is 2.08. The van der Waals surface area contributed by atoms with Crippen LogP contribution in [0.15, 0.2) is 48.5 Å². The second kappa shape index (κ2) is 8.82. The van der Waals surface area contributed by atoms with Gasteiger partial charge < -0.3 is 20.1 Å². The van der Waals surface area contributed by atoms with Crippen LogP contribution in [0.2, 0.25) is 0 Å². The fraction of sp³-hybridized carbons (Fsp3) is 0.316. The molecule has 5 nitrogen and oxygen atoms in total. The summed E-state index contributed by atoms with van der Waals surface area (Å²) >= 11 is 0. The molecular weight excluding hydrogens is 304 g/mol. The maximum atomic E-state index is 12.0. The first-order valence-electron chi connectivity index (χ1n) is 8.05. The minimum atomic E-state index is -0.128. The van der Waals surface area contributed by atoms with Crippen LogP contribution in [0, 0.1) is 0 Å². The summed E-state index contributed by atoms with van der Waals surface area (Å²) in [7, 11) is 1.59. The SMILES string of the molecule is CCC(C)Oc1cccc(NCC(=O)Nc2cccc(OC)c2)c1. The van der Waals surface area contributed by atoms with Crippen LogP contribution in [0.4, 0.5) is 11.4 Å². The zero-order chi connectivity index (χ0) is 17.4. The van der Waals surface area contributed by atoms with Crippen LogP contribution < -0.4 is 20.1 Å². The van der Waals surface area contributed by atoms with E-state index in [2.05, 4.69) is 17.6 Å². The molecule has 5 heteroatoms. The number of ether oxygens (including phenoxy) is 2. The second-order valence-electron chi connectivity index (χ2n) is 5.50. The van der Waals surface area contributed by atoms with E-state index in [1.165, 1.54) is 0 Å². The number of methoxy groups -OCH3 is 1. The molecule has 0 radical (unpaired) electrons. The Labute approximate surface area is 143 Å². The minimum Gasteiger partial charge on any atom is -0.497 e. The van der Waals surface area contributed by atoms with Crippen molar-refractivity contribution in [2.75, 3.05) is 24.3 Å². The van der Waals surface area contributed by atoms with Gasteiger partial charge in [0.05, 0.1) is 19.8 Å². The van der Waals surface area contributed by atoms with Crippen molar-refractivity contribution >= 4 is 17.3 Å². The fourth-order valence-corrected chi connectivity index (χ4v) is 2.08. The first-order valence-corrected chi connectivity index (χ1v) is 8.05. The van der Waals surface area contributed by atoms with Crippen LogP contribution in [0.3, 0.4) is 0 Å². The van der Waals surface area contributed by atoms with Crippen molar-refractivity contribution < 1.29 is 14.3 Å². The Balaban J connectivity index is 1.88. The average Bonchev–Trinajstić information content (AvgIpc) is 2.60. The average molecular weight is 328 g/mol. The van der Waals surface area contributed by atoms with Gasteiger partial charge in [0.1, 0.15) is 11.5 Å². The third-order valence-corrected chi connectivity index (χ3v) is 3.55. The van der Waals surface area contributed by atoms with Crippen LogP contribution in [-0.4, -0.2) is 25.7 Å². The molecule has 0 heterocycles. The third-order valence-electron chi connectivity index (χ3n) is 3.55. The molecule has 24 heavy (non-hydrogen) atoms. The van der Waals surface area contributed by atoms with E-state index in [4.69, 9.17) is 9.47 Å². The highest BCUT2D eigenvalue weighted by atomic mass is 16.5. The summed E-state index contributed by atoms with van der Waals surface area (Å²) in [4.78, 5) is 12.0. The summed E-state index contributed by atoms with van der Waals surface area (Å²) in [5.41, 5.74) is 1.55. The zero-order valence-electron chi connectivity index (χ0n) is 14.3. The summed E-state index contributed by atoms with van der Waals surface area (Å²) in [5, 5.41) is 5.93. The lowest BCUT2D eigenvalue weighted by Gasteiger charge is -2.14. The van der Waals surface area contributed by atoms with Gasteiger partial charge in [-0.15, -0.1) is 0 Å². The molecule has 1 atom stereocenters. The van der Waals surface area contributed by atoms with E-state index in [9.17, 15) is 4.79 Å². The van der Waals surface area contributed by atoms with Crippen LogP contribution >= 0.6 is 0 Å². The highest BCUT2D eigenvalue weighted by Gasteiger charge is 2.05. The number of benzene rings is 2. The van der Waals surface area contributed by atoms with Crippen molar-refractivity contribution in [3.63, 3.8) is 0 Å². The molecule has 0 saturated heterocycles. The maximum absolute atomic E-state index is 12.0. The maximum Gasteiger partial charge on any atom is 0.243 e. The molecule has 1 unspecified atom stereocenters. The monoisotopic (exact) mass is 328 g/mol. The normalized spacial score (nSPS) is 11.5. The smallest absolute Gasteiger partial charge is 0.243 e. The van der Waals surface area contributed by atoms with Crippen molar-refractivity contribution in [3.8, 4) is 11.5 Å². The molecule has 0 fully saturated rings. The van der Waals surface area contributed by atoms with E-state index in [1.54, 1.807) is 13.2 Å². The van der Waals surface area contributed by atoms with E-state index in [1.807, 2.05) is 49.4 Å². The summed E-state index contributed by atoms with van der Waals surface area (Å²) in [6, 6.07) is 14.9. The van der Waals surface area contributed by atoms with Crippen LogP contribution in [-0.2, 0) is 4.79 Å². The number of rotatable bonds is 8. The van der Waals surface area contributed by atoms with Gasteiger partial charge in [-0.25, -0.2) is 0 Å². The van der Waals surface area contributed by atoms with Gasteiger partial charge in [-0.05, 0) is 37.6 Å². The zero-order valence-corrected chi connectivity index (χ0v) is 14.3. The van der Waals surface area contributed by atoms with E-state index in [-0.39, 0.29) is 18.6 Å². The number of carbonyl (C=O) groups excluding carboxylic acids is 1. The molecule has 128 valence electrons. The Morgan fingerprint density at radius 3 is 2.46 bits per heavy atom. The van der Waals surface area contributed by atoms with Crippen LogP contribution in [0.25, 0.3) is 0 Å². The Morgan fingerprint density at radius 2 is 1.75 bits per heavy atom. The van der Waals surface area contributed by atoms with Gasteiger partial charge in [0.25, 0.3) is 0 Å². The van der Waals surface area contributed by atoms with Gasteiger partial charge in [-0.3, -0.25) is 4.79 Å². The molecule has 0 spiro atoms. The molecule has 2 aromatic carbocycles. The van der Waals surface area contributed by atoms with Crippen molar-refractivity contribution in [2.45, 2.75) is 26.4 Å².